The summed E-state index contributed by atoms with van der Waals surface area (Å²) >= 11 is 6.11. The van der Waals surface area contributed by atoms with E-state index in [1.807, 2.05) is 25.1 Å². The highest BCUT2D eigenvalue weighted by Gasteiger charge is 2.13. The van der Waals surface area contributed by atoms with Gasteiger partial charge in [0.15, 0.2) is 0 Å². The molecule has 6 heteroatoms. The van der Waals surface area contributed by atoms with Crippen LogP contribution in [0, 0.1) is 5.92 Å². The molecule has 2 aromatic rings. The van der Waals surface area contributed by atoms with Gasteiger partial charge in [0, 0.05) is 18.7 Å². The fraction of sp³-hybridized carbons (Fsp3) is 0.333. The van der Waals surface area contributed by atoms with Crippen LogP contribution in [0.2, 0.25) is 5.02 Å². The number of carbonyl (C=O) groups is 1. The Kier molecular flexibility index (Phi) is 5.36. The van der Waals surface area contributed by atoms with E-state index in [9.17, 15) is 4.79 Å². The molecule has 21 heavy (non-hydrogen) atoms. The van der Waals surface area contributed by atoms with E-state index in [-0.39, 0.29) is 18.4 Å². The minimum absolute atomic E-state index is 0.123. The van der Waals surface area contributed by atoms with Crippen LogP contribution in [-0.4, -0.2) is 34.4 Å². The van der Waals surface area contributed by atoms with Gasteiger partial charge in [-0.25, -0.2) is 0 Å². The first-order valence-corrected chi connectivity index (χ1v) is 7.19. The number of rotatable bonds is 6. The molecule has 1 aromatic carbocycles. The number of aromatic nitrogens is 2. The second-order valence-corrected chi connectivity index (χ2v) is 5.38. The molecule has 1 aromatic heterocycles. The summed E-state index contributed by atoms with van der Waals surface area (Å²) < 4.78 is 0. The highest BCUT2D eigenvalue weighted by atomic mass is 35.5. The molecule has 0 spiro atoms. The third kappa shape index (κ3) is 4.06. The Morgan fingerprint density at radius 2 is 2.24 bits per heavy atom. The zero-order valence-corrected chi connectivity index (χ0v) is 12.5. The predicted molar refractivity (Wildman–Crippen MR) is 82.2 cm³/mol. The lowest BCUT2D eigenvalue weighted by molar-refractivity contribution is 0.0940. The van der Waals surface area contributed by atoms with Gasteiger partial charge in [0.1, 0.15) is 5.69 Å². The zero-order chi connectivity index (χ0) is 15.2. The topological polar surface area (TPSA) is 78.0 Å². The van der Waals surface area contributed by atoms with Crippen molar-refractivity contribution in [2.24, 2.45) is 5.92 Å². The third-order valence-electron chi connectivity index (χ3n) is 3.21. The van der Waals surface area contributed by atoms with Crippen molar-refractivity contribution in [2.75, 3.05) is 13.2 Å². The maximum absolute atomic E-state index is 12.0. The van der Waals surface area contributed by atoms with E-state index < -0.39 is 0 Å². The van der Waals surface area contributed by atoms with Crippen LogP contribution in [0.3, 0.4) is 0 Å². The smallest absolute Gasteiger partial charge is 0.269 e. The predicted octanol–water partition coefficient (Wildman–Crippen LogP) is 2.48. The molecular formula is C15H18ClN3O2. The summed E-state index contributed by atoms with van der Waals surface area (Å²) in [4.78, 5) is 12.0. The normalized spacial score (nSPS) is 12.1. The van der Waals surface area contributed by atoms with Gasteiger partial charge in [0.25, 0.3) is 5.91 Å². The van der Waals surface area contributed by atoms with Crippen LogP contribution < -0.4 is 5.32 Å². The summed E-state index contributed by atoms with van der Waals surface area (Å²) in [5, 5.41) is 19.1. The maximum atomic E-state index is 12.0. The second-order valence-electron chi connectivity index (χ2n) is 4.97. The van der Waals surface area contributed by atoms with Crippen LogP contribution in [0.25, 0.3) is 11.3 Å². The minimum atomic E-state index is -0.217. The summed E-state index contributed by atoms with van der Waals surface area (Å²) in [7, 11) is 0. The molecule has 0 saturated heterocycles. The molecule has 0 aliphatic carbocycles. The van der Waals surface area contributed by atoms with Gasteiger partial charge in [-0.3, -0.25) is 9.89 Å². The first-order chi connectivity index (χ1) is 10.1. The van der Waals surface area contributed by atoms with Crippen molar-refractivity contribution in [3.63, 3.8) is 0 Å². The van der Waals surface area contributed by atoms with Crippen LogP contribution in [0.15, 0.2) is 30.3 Å². The number of halogens is 1. The van der Waals surface area contributed by atoms with Gasteiger partial charge >= 0.3 is 0 Å². The molecule has 0 radical (unpaired) electrons. The van der Waals surface area contributed by atoms with Gasteiger partial charge in [0.2, 0.25) is 0 Å². The second kappa shape index (κ2) is 7.24. The molecule has 112 valence electrons. The minimum Gasteiger partial charge on any atom is -0.396 e. The van der Waals surface area contributed by atoms with Crippen LogP contribution in [0.4, 0.5) is 0 Å². The van der Waals surface area contributed by atoms with Crippen molar-refractivity contribution in [3.8, 4) is 11.3 Å². The number of aromatic amines is 1. The number of aliphatic hydroxyl groups is 1. The van der Waals surface area contributed by atoms with E-state index in [4.69, 9.17) is 16.7 Å². The van der Waals surface area contributed by atoms with E-state index in [1.54, 1.807) is 12.1 Å². The van der Waals surface area contributed by atoms with Crippen LogP contribution in [0.1, 0.15) is 23.8 Å². The lowest BCUT2D eigenvalue weighted by Gasteiger charge is -2.09. The molecule has 0 fully saturated rings. The Morgan fingerprint density at radius 3 is 2.95 bits per heavy atom. The quantitative estimate of drug-likeness (QED) is 0.767. The Labute approximate surface area is 128 Å². The van der Waals surface area contributed by atoms with Crippen molar-refractivity contribution in [1.82, 2.24) is 15.5 Å². The Morgan fingerprint density at radius 1 is 1.48 bits per heavy atom. The van der Waals surface area contributed by atoms with E-state index >= 15 is 0 Å². The highest BCUT2D eigenvalue weighted by molar-refractivity contribution is 6.33. The fourth-order valence-electron chi connectivity index (χ4n) is 1.93. The molecule has 2 rings (SSSR count). The SMILES string of the molecule is CC(CCO)CNC(=O)c1cc(-c2ccccc2Cl)n[nH]1. The zero-order valence-electron chi connectivity index (χ0n) is 11.8. The van der Waals surface area contributed by atoms with Crippen LogP contribution >= 0.6 is 11.6 Å². The van der Waals surface area contributed by atoms with Crippen molar-refractivity contribution < 1.29 is 9.90 Å². The Hall–Kier alpha value is -1.85. The van der Waals surface area contributed by atoms with E-state index in [0.717, 1.165) is 5.56 Å². The summed E-state index contributed by atoms with van der Waals surface area (Å²) in [5.41, 5.74) is 1.80. The number of nitrogens with one attached hydrogen (secondary N) is 2. The molecule has 3 N–H and O–H groups in total. The standard InChI is InChI=1S/C15H18ClN3O2/c1-10(6-7-20)9-17-15(21)14-8-13(18-19-14)11-4-2-3-5-12(11)16/h2-5,8,10,20H,6-7,9H2,1H3,(H,17,21)(H,18,19). The number of H-pyrrole nitrogens is 1. The molecule has 1 unspecified atom stereocenters. The molecule has 0 saturated carbocycles. The largest absolute Gasteiger partial charge is 0.396 e. The molecule has 0 aliphatic rings. The first-order valence-electron chi connectivity index (χ1n) is 6.81. The number of amides is 1. The Bertz CT molecular complexity index is 612. The average molecular weight is 308 g/mol. The third-order valence-corrected chi connectivity index (χ3v) is 3.53. The lowest BCUT2D eigenvalue weighted by Crippen LogP contribution is -2.28. The lowest BCUT2D eigenvalue weighted by atomic mass is 10.1. The van der Waals surface area contributed by atoms with Gasteiger partial charge in [-0.15, -0.1) is 0 Å². The van der Waals surface area contributed by atoms with Gasteiger partial charge in [-0.05, 0) is 24.5 Å². The van der Waals surface area contributed by atoms with E-state index in [1.165, 1.54) is 0 Å². The van der Waals surface area contributed by atoms with Gasteiger partial charge in [-0.1, -0.05) is 36.7 Å². The summed E-state index contributed by atoms with van der Waals surface area (Å²) in [6, 6.07) is 9.01. The van der Waals surface area contributed by atoms with Crippen molar-refractivity contribution in [3.05, 3.63) is 41.0 Å². The number of hydrogen-bond donors (Lipinski definition) is 3. The monoisotopic (exact) mass is 307 g/mol. The number of hydrogen-bond acceptors (Lipinski definition) is 3. The Balaban J connectivity index is 2.03. The number of carbonyl (C=O) groups excluding carboxylic acids is 1. The summed E-state index contributed by atoms with van der Waals surface area (Å²) in [6.07, 6.45) is 0.661. The average Bonchev–Trinajstić information content (AvgIpc) is 2.95. The van der Waals surface area contributed by atoms with Gasteiger partial charge in [0.05, 0.1) is 10.7 Å². The van der Waals surface area contributed by atoms with Crippen LogP contribution in [-0.2, 0) is 0 Å². The summed E-state index contributed by atoms with van der Waals surface area (Å²) in [5.74, 6) is 0.00972. The number of benzene rings is 1. The molecule has 1 atom stereocenters. The highest BCUT2D eigenvalue weighted by Crippen LogP contribution is 2.26. The molecule has 1 heterocycles. The van der Waals surface area contributed by atoms with Crippen molar-refractivity contribution in [1.29, 1.82) is 0 Å². The molecular weight excluding hydrogens is 290 g/mol. The molecule has 0 aliphatic heterocycles. The first kappa shape index (κ1) is 15.5. The summed E-state index contributed by atoms with van der Waals surface area (Å²) in [6.45, 7) is 2.61. The number of nitrogens with zero attached hydrogens (tertiary/aromatic N) is 1. The number of aliphatic hydroxyl groups excluding tert-OH is 1. The van der Waals surface area contributed by atoms with Crippen molar-refractivity contribution >= 4 is 17.5 Å². The van der Waals surface area contributed by atoms with E-state index in [2.05, 4.69) is 15.5 Å². The van der Waals surface area contributed by atoms with Crippen molar-refractivity contribution in [2.45, 2.75) is 13.3 Å². The van der Waals surface area contributed by atoms with Crippen LogP contribution in [0.5, 0.6) is 0 Å². The molecule has 1 amide bonds. The molecule has 5 nitrogen and oxygen atoms in total. The molecule has 0 bridgehead atoms. The fourth-order valence-corrected chi connectivity index (χ4v) is 2.16. The maximum Gasteiger partial charge on any atom is 0.269 e. The van der Waals surface area contributed by atoms with Gasteiger partial charge < -0.3 is 10.4 Å². The van der Waals surface area contributed by atoms with Gasteiger partial charge in [-0.2, -0.15) is 5.10 Å². The van der Waals surface area contributed by atoms with E-state index in [0.29, 0.717) is 29.4 Å².